The number of para-hydroxylation sites is 1. The van der Waals surface area contributed by atoms with Crippen LogP contribution in [0.3, 0.4) is 0 Å². The topological polar surface area (TPSA) is 91.7 Å². The van der Waals surface area contributed by atoms with E-state index < -0.39 is 6.36 Å². The lowest BCUT2D eigenvalue weighted by Gasteiger charge is -2.19. The molecule has 8 nitrogen and oxygen atoms in total. The highest BCUT2D eigenvalue weighted by Crippen LogP contribution is 2.27. The van der Waals surface area contributed by atoms with Crippen LogP contribution in [0, 0.1) is 12.8 Å². The van der Waals surface area contributed by atoms with Gasteiger partial charge in [0.05, 0.1) is 12.1 Å². The van der Waals surface area contributed by atoms with Gasteiger partial charge in [-0.2, -0.15) is 0 Å². The van der Waals surface area contributed by atoms with E-state index in [0.717, 1.165) is 34.6 Å². The zero-order valence-electron chi connectivity index (χ0n) is 22.3. The Hall–Kier alpha value is -3.80. The van der Waals surface area contributed by atoms with Crippen molar-refractivity contribution in [3.8, 4) is 5.75 Å². The second kappa shape index (κ2) is 13.3. The molecule has 3 rings (SSSR count). The van der Waals surface area contributed by atoms with Crippen LogP contribution in [0.25, 0.3) is 0 Å². The van der Waals surface area contributed by atoms with Gasteiger partial charge in [-0.3, -0.25) is 4.72 Å². The van der Waals surface area contributed by atoms with Crippen molar-refractivity contribution in [3.63, 3.8) is 0 Å². The molecule has 0 aliphatic heterocycles. The maximum absolute atomic E-state index is 12.4. The number of nitrogens with zero attached hydrogens (tertiary/aromatic N) is 4. The highest BCUT2D eigenvalue weighted by Gasteiger charge is 2.31. The van der Waals surface area contributed by atoms with E-state index in [2.05, 4.69) is 43.0 Å². The van der Waals surface area contributed by atoms with E-state index in [1.807, 2.05) is 38.1 Å². The lowest BCUT2D eigenvalue weighted by atomic mass is 10.0. The van der Waals surface area contributed by atoms with Crippen LogP contribution in [-0.2, 0) is 6.42 Å². The molecule has 0 saturated carbocycles. The lowest BCUT2D eigenvalue weighted by molar-refractivity contribution is -0.274. The Bertz CT molecular complexity index is 1290. The molecule has 0 spiro atoms. The Kier molecular flexibility index (Phi) is 10.2. The Balaban J connectivity index is 1.51. The molecule has 0 radical (unpaired) electrons. The van der Waals surface area contributed by atoms with Gasteiger partial charge in [-0.15, -0.1) is 13.2 Å². The summed E-state index contributed by atoms with van der Waals surface area (Å²) in [5, 5.41) is 2.85. The van der Waals surface area contributed by atoms with Gasteiger partial charge < -0.3 is 15.0 Å². The summed E-state index contributed by atoms with van der Waals surface area (Å²) in [6.45, 7) is 7.99. The number of amides is 2. The van der Waals surface area contributed by atoms with Crippen molar-refractivity contribution in [3.05, 3.63) is 71.5 Å². The van der Waals surface area contributed by atoms with Crippen LogP contribution in [-0.4, -0.2) is 35.6 Å². The summed E-state index contributed by atoms with van der Waals surface area (Å²) >= 11 is 0.944. The van der Waals surface area contributed by atoms with Crippen molar-refractivity contribution in [2.24, 2.45) is 10.3 Å². The molecule has 0 saturated heterocycles. The Morgan fingerprint density at radius 3 is 2.49 bits per heavy atom. The molecule has 0 bridgehead atoms. The van der Waals surface area contributed by atoms with Crippen LogP contribution < -0.4 is 19.7 Å². The molecule has 1 atom stereocenters. The summed E-state index contributed by atoms with van der Waals surface area (Å²) in [7, 11) is 1.73. The number of hydrogen-bond acceptors (Lipinski definition) is 7. The number of hydrogen-bond donors (Lipinski definition) is 2. The monoisotopic (exact) mass is 560 g/mol. The molecule has 2 N–H and O–H groups in total. The third-order valence-electron chi connectivity index (χ3n) is 5.71. The van der Waals surface area contributed by atoms with Gasteiger partial charge in [0.15, 0.2) is 0 Å². The van der Waals surface area contributed by atoms with Crippen molar-refractivity contribution < 1.29 is 22.7 Å². The van der Waals surface area contributed by atoms with Crippen LogP contribution in [0.2, 0.25) is 0 Å². The van der Waals surface area contributed by atoms with Crippen molar-refractivity contribution in [2.75, 3.05) is 17.3 Å². The van der Waals surface area contributed by atoms with Crippen LogP contribution in [0.15, 0.2) is 59.1 Å². The smallest absolute Gasteiger partial charge is 0.406 e. The fraction of sp³-hybridized carbons (Fsp3) is 0.333. The average molecular weight is 561 g/mol. The van der Waals surface area contributed by atoms with Gasteiger partial charge in [0, 0.05) is 36.5 Å². The summed E-state index contributed by atoms with van der Waals surface area (Å²) in [4.78, 5) is 22.9. The quantitative estimate of drug-likeness (QED) is 0.201. The number of ether oxygens (including phenoxy) is 1. The van der Waals surface area contributed by atoms with E-state index in [1.165, 1.54) is 24.3 Å². The third kappa shape index (κ3) is 9.17. The molecule has 1 aromatic heterocycles. The largest absolute Gasteiger partial charge is 0.573 e. The predicted octanol–water partition coefficient (Wildman–Crippen LogP) is 7.21. The number of anilines is 3. The molecule has 0 fully saturated rings. The lowest BCUT2D eigenvalue weighted by Crippen LogP contribution is -2.23. The number of rotatable bonds is 10. The number of urea groups is 1. The van der Waals surface area contributed by atoms with Crippen LogP contribution in [0.5, 0.6) is 5.75 Å². The molecule has 1 unspecified atom stereocenters. The molecular formula is C27H31F3N6O2S. The Labute approximate surface area is 230 Å². The van der Waals surface area contributed by atoms with Gasteiger partial charge in [-0.25, -0.2) is 19.2 Å². The summed E-state index contributed by atoms with van der Waals surface area (Å²) in [6.07, 6.45) is -0.631. The summed E-state index contributed by atoms with van der Waals surface area (Å²) in [6, 6.07) is 12.8. The maximum atomic E-state index is 12.4. The van der Waals surface area contributed by atoms with Gasteiger partial charge in [0.1, 0.15) is 5.75 Å². The van der Waals surface area contributed by atoms with E-state index in [1.54, 1.807) is 24.4 Å². The van der Waals surface area contributed by atoms with Crippen molar-refractivity contribution in [2.45, 2.75) is 46.4 Å². The first-order chi connectivity index (χ1) is 18.4. The molecule has 39 heavy (non-hydrogen) atoms. The molecule has 208 valence electrons. The Morgan fingerprint density at radius 2 is 1.85 bits per heavy atom. The van der Waals surface area contributed by atoms with E-state index in [4.69, 9.17) is 0 Å². The number of carbonyl (C=O) groups excluding carboxylic acids is 1. The van der Waals surface area contributed by atoms with Crippen LogP contribution in [0.1, 0.15) is 43.5 Å². The maximum Gasteiger partial charge on any atom is 0.573 e. The van der Waals surface area contributed by atoms with Gasteiger partial charge in [0.25, 0.3) is 0 Å². The second-order valence-electron chi connectivity index (χ2n) is 9.21. The third-order valence-corrected chi connectivity index (χ3v) is 6.21. The summed E-state index contributed by atoms with van der Waals surface area (Å²) in [5.41, 5.74) is 4.13. The normalized spacial score (nSPS) is 12.4. The van der Waals surface area contributed by atoms with E-state index in [0.29, 0.717) is 18.1 Å². The van der Waals surface area contributed by atoms with Crippen LogP contribution >= 0.6 is 12.1 Å². The molecule has 3 aromatic rings. The van der Waals surface area contributed by atoms with Crippen molar-refractivity contribution in [1.29, 1.82) is 0 Å². The average Bonchev–Trinajstić information content (AvgIpc) is 2.87. The number of benzene rings is 2. The zero-order chi connectivity index (χ0) is 28.6. The summed E-state index contributed by atoms with van der Waals surface area (Å²) < 4.78 is 48.0. The summed E-state index contributed by atoms with van der Waals surface area (Å²) in [5.74, 6) is 0.444. The second-order valence-corrected chi connectivity index (χ2v) is 9.80. The number of aryl methyl sites for hydroxylation is 1. The van der Waals surface area contributed by atoms with Gasteiger partial charge in [-0.05, 0) is 66.6 Å². The minimum Gasteiger partial charge on any atom is -0.406 e. The fourth-order valence-electron chi connectivity index (χ4n) is 3.69. The highest BCUT2D eigenvalue weighted by molar-refractivity contribution is 7.96. The van der Waals surface area contributed by atoms with Crippen molar-refractivity contribution >= 4 is 41.7 Å². The molecule has 2 amide bonds. The highest BCUT2D eigenvalue weighted by atomic mass is 32.2. The standard InChI is InChI=1S/C27H31F3N6O2S/c1-17(2)23-8-6-7-9-24(23)34-26(37)35-39-32-15-18(3)14-20-16-31-25(33-19(20)4)36(5)21-10-12-22(13-11-21)38-27(28,29)30/h6-13,15-18H,14H2,1-5H3,(H2,34,35,37). The molecule has 0 aliphatic carbocycles. The first kappa shape index (κ1) is 29.8. The number of carbonyl (C=O) groups is 1. The zero-order valence-corrected chi connectivity index (χ0v) is 23.1. The van der Waals surface area contributed by atoms with E-state index in [-0.39, 0.29) is 23.6 Å². The minimum atomic E-state index is -4.74. The minimum absolute atomic E-state index is 0.0519. The molecular weight excluding hydrogens is 529 g/mol. The van der Waals surface area contributed by atoms with Gasteiger partial charge in [-0.1, -0.05) is 39.0 Å². The number of halogens is 3. The number of nitrogens with one attached hydrogen (secondary N) is 2. The van der Waals surface area contributed by atoms with Gasteiger partial charge in [0.2, 0.25) is 5.95 Å². The van der Waals surface area contributed by atoms with Gasteiger partial charge >= 0.3 is 12.4 Å². The molecule has 1 heterocycles. The Morgan fingerprint density at radius 1 is 1.15 bits per heavy atom. The first-order valence-corrected chi connectivity index (χ1v) is 13.0. The molecule has 12 heteroatoms. The van der Waals surface area contributed by atoms with E-state index >= 15 is 0 Å². The molecule has 0 aliphatic rings. The number of alkyl halides is 3. The predicted molar refractivity (Wildman–Crippen MR) is 150 cm³/mol. The van der Waals surface area contributed by atoms with Crippen molar-refractivity contribution in [1.82, 2.24) is 14.7 Å². The SMILES string of the molecule is Cc1nc(N(C)c2ccc(OC(F)(F)F)cc2)ncc1CC(C)C=NSNC(=O)Nc1ccccc1C(C)C. The van der Waals surface area contributed by atoms with Crippen LogP contribution in [0.4, 0.5) is 35.3 Å². The molecule has 2 aromatic carbocycles. The van der Waals surface area contributed by atoms with E-state index in [9.17, 15) is 18.0 Å². The number of aromatic nitrogens is 2. The first-order valence-electron chi connectivity index (χ1n) is 12.2. The fourth-order valence-corrected chi connectivity index (χ4v) is 4.15.